The van der Waals surface area contributed by atoms with Crippen LogP contribution in [0.1, 0.15) is 31.2 Å². The fourth-order valence-corrected chi connectivity index (χ4v) is 5.06. The van der Waals surface area contributed by atoms with Gasteiger partial charge < -0.3 is 14.2 Å². The fraction of sp³-hybridized carbons (Fsp3) is 0.391. The third kappa shape index (κ3) is 3.05. The van der Waals surface area contributed by atoms with Crippen molar-refractivity contribution in [3.8, 4) is 5.75 Å². The van der Waals surface area contributed by atoms with Crippen molar-refractivity contribution in [2.24, 2.45) is 7.05 Å². The normalized spacial score (nSPS) is 23.9. The SMILES string of the molecule is Cn1cc(CC(=O)N2C3CCC2CC(Oc2ccncc2)C3)c2ccccc21. The third-order valence-corrected chi connectivity index (χ3v) is 6.25. The van der Waals surface area contributed by atoms with E-state index in [1.165, 1.54) is 10.9 Å². The Hall–Kier alpha value is -2.82. The van der Waals surface area contributed by atoms with Crippen molar-refractivity contribution in [3.63, 3.8) is 0 Å². The monoisotopic (exact) mass is 375 g/mol. The number of benzene rings is 1. The highest BCUT2D eigenvalue weighted by atomic mass is 16.5. The van der Waals surface area contributed by atoms with Crippen LogP contribution >= 0.6 is 0 Å². The Bertz CT molecular complexity index is 984. The van der Waals surface area contributed by atoms with E-state index in [0.717, 1.165) is 37.0 Å². The van der Waals surface area contributed by atoms with E-state index in [9.17, 15) is 4.79 Å². The molecule has 5 rings (SSSR count). The van der Waals surface area contributed by atoms with Gasteiger partial charge in [0, 0.05) is 61.5 Å². The largest absolute Gasteiger partial charge is 0.490 e. The highest BCUT2D eigenvalue weighted by Crippen LogP contribution is 2.38. The molecule has 1 aromatic carbocycles. The maximum Gasteiger partial charge on any atom is 0.227 e. The number of carbonyl (C=O) groups excluding carboxylic acids is 1. The molecule has 1 amide bonds. The Morgan fingerprint density at radius 2 is 1.82 bits per heavy atom. The maximum atomic E-state index is 13.2. The van der Waals surface area contributed by atoms with Gasteiger partial charge in [0.1, 0.15) is 11.9 Å². The number of amides is 1. The number of nitrogens with zero attached hydrogens (tertiary/aromatic N) is 3. The van der Waals surface area contributed by atoms with E-state index < -0.39 is 0 Å². The number of aryl methyl sites for hydroxylation is 1. The van der Waals surface area contributed by atoms with Crippen molar-refractivity contribution in [1.29, 1.82) is 0 Å². The number of ether oxygens (including phenoxy) is 1. The molecule has 2 saturated heterocycles. The summed E-state index contributed by atoms with van der Waals surface area (Å²) >= 11 is 0. The first-order valence-electron chi connectivity index (χ1n) is 10.1. The van der Waals surface area contributed by atoms with Crippen LogP contribution in [0.5, 0.6) is 5.75 Å². The molecule has 0 N–H and O–H groups in total. The summed E-state index contributed by atoms with van der Waals surface area (Å²) in [6.45, 7) is 0. The van der Waals surface area contributed by atoms with Crippen molar-refractivity contribution < 1.29 is 9.53 Å². The molecule has 2 aromatic heterocycles. The van der Waals surface area contributed by atoms with Crippen LogP contribution in [0.15, 0.2) is 55.0 Å². The minimum absolute atomic E-state index is 0.182. The first-order valence-corrected chi connectivity index (χ1v) is 10.1. The zero-order chi connectivity index (χ0) is 19.1. The average molecular weight is 375 g/mol. The van der Waals surface area contributed by atoms with Crippen LogP contribution in [0, 0.1) is 0 Å². The van der Waals surface area contributed by atoms with Crippen molar-refractivity contribution in [3.05, 3.63) is 60.6 Å². The van der Waals surface area contributed by atoms with E-state index in [1.54, 1.807) is 12.4 Å². The Morgan fingerprint density at radius 3 is 2.57 bits per heavy atom. The van der Waals surface area contributed by atoms with Crippen LogP contribution in [0.25, 0.3) is 10.9 Å². The van der Waals surface area contributed by atoms with Crippen molar-refractivity contribution in [2.75, 3.05) is 0 Å². The minimum Gasteiger partial charge on any atom is -0.490 e. The number of fused-ring (bicyclic) bond motifs is 3. The molecule has 2 fully saturated rings. The number of carbonyl (C=O) groups is 1. The zero-order valence-electron chi connectivity index (χ0n) is 16.1. The lowest BCUT2D eigenvalue weighted by atomic mass is 9.98. The number of pyridine rings is 1. The average Bonchev–Trinajstić information content (AvgIpc) is 3.17. The molecule has 2 atom stereocenters. The van der Waals surface area contributed by atoms with Gasteiger partial charge in [0.2, 0.25) is 5.91 Å². The van der Waals surface area contributed by atoms with Crippen LogP contribution in [0.4, 0.5) is 0 Å². The first-order chi connectivity index (χ1) is 13.7. The summed E-state index contributed by atoms with van der Waals surface area (Å²) in [4.78, 5) is 19.4. The van der Waals surface area contributed by atoms with E-state index in [1.807, 2.05) is 31.3 Å². The minimum atomic E-state index is 0.182. The number of rotatable bonds is 4. The fourth-order valence-electron chi connectivity index (χ4n) is 5.06. The molecule has 144 valence electrons. The number of hydrogen-bond acceptors (Lipinski definition) is 3. The highest BCUT2D eigenvalue weighted by molar-refractivity contribution is 5.89. The second-order valence-corrected chi connectivity index (χ2v) is 8.04. The lowest BCUT2D eigenvalue weighted by molar-refractivity contribution is -0.136. The predicted octanol–water partition coefficient (Wildman–Crippen LogP) is 3.72. The third-order valence-electron chi connectivity index (χ3n) is 6.25. The lowest BCUT2D eigenvalue weighted by Gasteiger charge is -2.39. The molecule has 2 aliphatic rings. The number of para-hydroxylation sites is 1. The van der Waals surface area contributed by atoms with Crippen molar-refractivity contribution in [1.82, 2.24) is 14.5 Å². The van der Waals surface area contributed by atoms with E-state index in [2.05, 4.69) is 32.8 Å². The van der Waals surface area contributed by atoms with E-state index in [4.69, 9.17) is 4.74 Å². The summed E-state index contributed by atoms with van der Waals surface area (Å²) in [5.74, 6) is 1.13. The molecule has 0 radical (unpaired) electrons. The molecule has 2 unspecified atom stereocenters. The Balaban J connectivity index is 1.30. The highest BCUT2D eigenvalue weighted by Gasteiger charge is 2.43. The Morgan fingerprint density at radius 1 is 1.11 bits per heavy atom. The first kappa shape index (κ1) is 17.3. The molecule has 2 bridgehead atoms. The van der Waals surface area contributed by atoms with Gasteiger partial charge in [-0.3, -0.25) is 9.78 Å². The van der Waals surface area contributed by atoms with Gasteiger partial charge in [-0.05, 0) is 36.6 Å². The van der Waals surface area contributed by atoms with E-state index in [-0.39, 0.29) is 12.0 Å². The van der Waals surface area contributed by atoms with Gasteiger partial charge in [-0.1, -0.05) is 18.2 Å². The van der Waals surface area contributed by atoms with E-state index in [0.29, 0.717) is 18.5 Å². The molecule has 0 aliphatic carbocycles. The molecule has 4 heterocycles. The molecular weight excluding hydrogens is 350 g/mol. The van der Waals surface area contributed by atoms with Gasteiger partial charge in [0.05, 0.1) is 6.42 Å². The van der Waals surface area contributed by atoms with Crippen LogP contribution in [-0.4, -0.2) is 38.5 Å². The molecule has 3 aromatic rings. The quantitative estimate of drug-likeness (QED) is 0.698. The molecule has 5 heteroatoms. The Labute approximate surface area is 164 Å². The molecule has 0 spiro atoms. The molecule has 28 heavy (non-hydrogen) atoms. The number of hydrogen-bond donors (Lipinski definition) is 0. The maximum absolute atomic E-state index is 13.2. The zero-order valence-corrected chi connectivity index (χ0v) is 16.1. The summed E-state index contributed by atoms with van der Waals surface area (Å²) in [6, 6.07) is 12.7. The van der Waals surface area contributed by atoms with E-state index >= 15 is 0 Å². The van der Waals surface area contributed by atoms with Gasteiger partial charge in [0.15, 0.2) is 0 Å². The summed E-state index contributed by atoms with van der Waals surface area (Å²) < 4.78 is 8.27. The molecule has 0 saturated carbocycles. The van der Waals surface area contributed by atoms with Crippen LogP contribution < -0.4 is 4.74 Å². The Kier molecular flexibility index (Phi) is 4.30. The topological polar surface area (TPSA) is 47.4 Å². The summed E-state index contributed by atoms with van der Waals surface area (Å²) in [6.07, 6.45) is 10.3. The molecular formula is C23H25N3O2. The standard InChI is InChI=1S/C23H25N3O2/c1-25-15-16(21-4-2-3-5-22(21)25)12-23(27)26-17-6-7-18(26)14-20(13-17)28-19-8-10-24-11-9-19/h2-5,8-11,15,17-18,20H,6-7,12-14H2,1H3. The smallest absolute Gasteiger partial charge is 0.227 e. The number of piperidine rings is 1. The summed E-state index contributed by atoms with van der Waals surface area (Å²) in [5.41, 5.74) is 2.30. The molecule has 5 nitrogen and oxygen atoms in total. The second kappa shape index (κ2) is 6.97. The summed E-state index contributed by atoms with van der Waals surface area (Å²) in [7, 11) is 2.04. The van der Waals surface area contributed by atoms with Crippen LogP contribution in [0.3, 0.4) is 0 Å². The molecule has 2 aliphatic heterocycles. The van der Waals surface area contributed by atoms with Gasteiger partial charge in [-0.15, -0.1) is 0 Å². The van der Waals surface area contributed by atoms with Crippen LogP contribution in [0.2, 0.25) is 0 Å². The summed E-state index contributed by atoms with van der Waals surface area (Å²) in [5, 5.41) is 1.18. The predicted molar refractivity (Wildman–Crippen MR) is 108 cm³/mol. The second-order valence-electron chi connectivity index (χ2n) is 8.04. The number of aromatic nitrogens is 2. The van der Waals surface area contributed by atoms with Crippen LogP contribution in [-0.2, 0) is 18.3 Å². The van der Waals surface area contributed by atoms with Gasteiger partial charge >= 0.3 is 0 Å². The van der Waals surface area contributed by atoms with Gasteiger partial charge in [0.25, 0.3) is 0 Å². The van der Waals surface area contributed by atoms with Crippen molar-refractivity contribution in [2.45, 2.75) is 50.3 Å². The lowest BCUT2D eigenvalue weighted by Crippen LogP contribution is -2.49. The van der Waals surface area contributed by atoms with Gasteiger partial charge in [-0.25, -0.2) is 0 Å². The van der Waals surface area contributed by atoms with Gasteiger partial charge in [-0.2, -0.15) is 0 Å². The van der Waals surface area contributed by atoms with Crippen molar-refractivity contribution >= 4 is 16.8 Å².